The van der Waals surface area contributed by atoms with Gasteiger partial charge in [0.2, 0.25) is 5.91 Å². The highest BCUT2D eigenvalue weighted by atomic mass is 79.9. The fraction of sp³-hybridized carbons (Fsp3) is 0.172. The normalized spacial score (nSPS) is 14.9. The molecule has 2 heterocycles. The van der Waals surface area contributed by atoms with Crippen molar-refractivity contribution < 1.29 is 9.59 Å². The van der Waals surface area contributed by atoms with Gasteiger partial charge in [0.1, 0.15) is 0 Å². The Morgan fingerprint density at radius 1 is 0.892 bits per heavy atom. The number of rotatable bonds is 5. The van der Waals surface area contributed by atoms with Gasteiger partial charge in [0.15, 0.2) is 0 Å². The Kier molecular flexibility index (Phi) is 7.46. The average Bonchev–Trinajstić information content (AvgIpc) is 3.34. The summed E-state index contributed by atoms with van der Waals surface area (Å²) in [6, 6.07) is 24.9. The minimum Gasteiger partial charge on any atom is -0.369 e. The molecule has 3 aromatic carbocycles. The number of thiophene rings is 1. The summed E-state index contributed by atoms with van der Waals surface area (Å²) in [5, 5.41) is 1.08. The first-order chi connectivity index (χ1) is 17.8. The quantitative estimate of drug-likeness (QED) is 0.249. The van der Waals surface area contributed by atoms with Gasteiger partial charge >= 0.3 is 0 Å². The fourth-order valence-corrected chi connectivity index (χ4v) is 6.91. The van der Waals surface area contributed by atoms with Gasteiger partial charge in [0.05, 0.1) is 15.3 Å². The van der Waals surface area contributed by atoms with Crippen molar-refractivity contribution in [1.29, 1.82) is 0 Å². The lowest BCUT2D eigenvalue weighted by Gasteiger charge is -2.40. The topological polar surface area (TPSA) is 63.4 Å². The van der Waals surface area contributed by atoms with Crippen LogP contribution < -0.4 is 5.73 Å². The van der Waals surface area contributed by atoms with E-state index in [0.717, 1.165) is 31.6 Å². The van der Waals surface area contributed by atoms with Crippen molar-refractivity contribution in [2.24, 2.45) is 5.73 Å². The molecule has 0 bridgehead atoms. The predicted molar refractivity (Wildman–Crippen MR) is 155 cm³/mol. The van der Waals surface area contributed by atoms with Gasteiger partial charge in [-0.3, -0.25) is 9.59 Å². The van der Waals surface area contributed by atoms with E-state index in [1.807, 2.05) is 71.6 Å². The zero-order chi connectivity index (χ0) is 26.2. The van der Waals surface area contributed by atoms with Gasteiger partial charge in [-0.1, -0.05) is 87.7 Å². The van der Waals surface area contributed by atoms with E-state index < -0.39 is 5.41 Å². The minimum atomic E-state index is -0.766. The van der Waals surface area contributed by atoms with Gasteiger partial charge in [-0.25, -0.2) is 0 Å². The zero-order valence-electron chi connectivity index (χ0n) is 19.7. The number of carbonyl (C=O) groups is 2. The lowest BCUT2D eigenvalue weighted by Crippen LogP contribution is -2.51. The number of likely N-dealkylation sites (tertiary alicyclic amines) is 1. The number of nitrogens with two attached hydrogens (primary N) is 1. The van der Waals surface area contributed by atoms with Crippen molar-refractivity contribution in [3.8, 4) is 21.6 Å². The highest BCUT2D eigenvalue weighted by Gasteiger charge is 2.42. The number of piperidine rings is 1. The van der Waals surface area contributed by atoms with Crippen LogP contribution in [0.3, 0.4) is 0 Å². The number of benzene rings is 3. The Morgan fingerprint density at radius 2 is 1.57 bits per heavy atom. The Bertz CT molecular complexity index is 1460. The standard InChI is InChI=1S/C29H23BrCl2N2O2S/c30-20-8-6-18(7-9-20)23-17-25(37-26(23)22-11-10-21(31)16-24(22)32)27(35)34-14-12-29(13-15-34,28(33)36)19-4-2-1-3-5-19/h1-11,16-17H,12-15H2,(H2,33,36). The Labute approximate surface area is 238 Å². The summed E-state index contributed by atoms with van der Waals surface area (Å²) >= 11 is 17.6. The van der Waals surface area contributed by atoms with Gasteiger partial charge in [0.25, 0.3) is 5.91 Å². The molecule has 0 spiro atoms. The fourth-order valence-electron chi connectivity index (χ4n) is 4.90. The summed E-state index contributed by atoms with van der Waals surface area (Å²) in [5.41, 5.74) is 8.76. The maximum atomic E-state index is 13.7. The molecule has 0 unspecified atom stereocenters. The van der Waals surface area contributed by atoms with Crippen molar-refractivity contribution in [2.45, 2.75) is 18.3 Å². The lowest BCUT2D eigenvalue weighted by atomic mass is 9.72. The minimum absolute atomic E-state index is 0.0640. The molecule has 1 aliphatic heterocycles. The molecule has 1 aromatic heterocycles. The molecule has 8 heteroatoms. The molecule has 37 heavy (non-hydrogen) atoms. The summed E-state index contributed by atoms with van der Waals surface area (Å²) in [7, 11) is 0. The molecule has 5 rings (SSSR count). The Balaban J connectivity index is 1.47. The summed E-state index contributed by atoms with van der Waals surface area (Å²) in [5.74, 6) is -0.412. The molecule has 188 valence electrons. The van der Waals surface area contributed by atoms with Gasteiger partial charge in [-0.05, 0) is 54.3 Å². The van der Waals surface area contributed by atoms with Gasteiger partial charge in [0, 0.05) is 38.6 Å². The first-order valence-electron chi connectivity index (χ1n) is 11.8. The van der Waals surface area contributed by atoms with E-state index in [1.165, 1.54) is 11.3 Å². The number of carbonyl (C=O) groups excluding carboxylic acids is 2. The van der Waals surface area contributed by atoms with E-state index in [1.54, 1.807) is 12.1 Å². The van der Waals surface area contributed by atoms with Crippen LogP contribution in [0, 0.1) is 0 Å². The molecular weight excluding hydrogens is 591 g/mol. The van der Waals surface area contributed by atoms with Crippen LogP contribution in [0.4, 0.5) is 0 Å². The molecule has 1 fully saturated rings. The van der Waals surface area contributed by atoms with Crippen molar-refractivity contribution in [3.05, 3.63) is 104 Å². The molecule has 0 atom stereocenters. The lowest BCUT2D eigenvalue weighted by molar-refractivity contribution is -0.125. The summed E-state index contributed by atoms with van der Waals surface area (Å²) < 4.78 is 0.971. The third-order valence-electron chi connectivity index (χ3n) is 6.98. The highest BCUT2D eigenvalue weighted by molar-refractivity contribution is 9.10. The van der Waals surface area contributed by atoms with Crippen LogP contribution in [0.1, 0.15) is 28.1 Å². The van der Waals surface area contributed by atoms with Crippen LogP contribution in [0.5, 0.6) is 0 Å². The molecule has 2 amide bonds. The van der Waals surface area contributed by atoms with Crippen LogP contribution in [0.25, 0.3) is 21.6 Å². The number of amides is 2. The van der Waals surface area contributed by atoms with Gasteiger partial charge < -0.3 is 10.6 Å². The van der Waals surface area contributed by atoms with Crippen LogP contribution in [0.15, 0.2) is 83.3 Å². The molecule has 1 aliphatic rings. The average molecular weight is 614 g/mol. The van der Waals surface area contributed by atoms with E-state index in [9.17, 15) is 9.59 Å². The maximum Gasteiger partial charge on any atom is 0.263 e. The highest BCUT2D eigenvalue weighted by Crippen LogP contribution is 2.44. The Hall–Kier alpha value is -2.64. The van der Waals surface area contributed by atoms with E-state index in [-0.39, 0.29) is 11.8 Å². The van der Waals surface area contributed by atoms with Crippen molar-refractivity contribution in [1.82, 2.24) is 4.90 Å². The second kappa shape index (κ2) is 10.6. The summed E-state index contributed by atoms with van der Waals surface area (Å²) in [4.78, 5) is 29.6. The smallest absolute Gasteiger partial charge is 0.263 e. The summed E-state index contributed by atoms with van der Waals surface area (Å²) in [6.07, 6.45) is 0.970. The molecule has 4 aromatic rings. The number of halogens is 3. The maximum absolute atomic E-state index is 13.7. The summed E-state index contributed by atoms with van der Waals surface area (Å²) in [6.45, 7) is 0.887. The molecule has 2 N–H and O–H groups in total. The van der Waals surface area contributed by atoms with E-state index in [4.69, 9.17) is 28.9 Å². The number of nitrogens with zero attached hydrogens (tertiary/aromatic N) is 1. The molecule has 0 aliphatic carbocycles. The number of hydrogen-bond acceptors (Lipinski definition) is 3. The molecule has 0 radical (unpaired) electrons. The third kappa shape index (κ3) is 5.08. The first-order valence-corrected chi connectivity index (χ1v) is 14.1. The molecular formula is C29H23BrCl2N2O2S. The van der Waals surface area contributed by atoms with Crippen LogP contribution in [-0.2, 0) is 10.2 Å². The van der Waals surface area contributed by atoms with Crippen molar-refractivity contribution >= 4 is 62.3 Å². The predicted octanol–water partition coefficient (Wildman–Crippen LogP) is 7.81. The second-order valence-electron chi connectivity index (χ2n) is 9.09. The van der Waals surface area contributed by atoms with E-state index in [0.29, 0.717) is 40.9 Å². The third-order valence-corrected chi connectivity index (χ3v) is 9.21. The van der Waals surface area contributed by atoms with Crippen molar-refractivity contribution in [2.75, 3.05) is 13.1 Å². The number of primary amides is 1. The first kappa shape index (κ1) is 26.0. The monoisotopic (exact) mass is 612 g/mol. The number of hydrogen-bond donors (Lipinski definition) is 1. The van der Waals surface area contributed by atoms with E-state index in [2.05, 4.69) is 15.9 Å². The van der Waals surface area contributed by atoms with E-state index >= 15 is 0 Å². The van der Waals surface area contributed by atoms with Gasteiger partial charge in [-0.2, -0.15) is 0 Å². The SMILES string of the molecule is NC(=O)C1(c2ccccc2)CCN(C(=O)c2cc(-c3ccc(Br)cc3)c(-c3ccc(Cl)cc3Cl)s2)CC1. The molecule has 4 nitrogen and oxygen atoms in total. The molecule has 1 saturated heterocycles. The van der Waals surface area contributed by atoms with Gasteiger partial charge in [-0.15, -0.1) is 11.3 Å². The van der Waals surface area contributed by atoms with Crippen LogP contribution in [-0.4, -0.2) is 29.8 Å². The largest absolute Gasteiger partial charge is 0.369 e. The Morgan fingerprint density at radius 3 is 2.19 bits per heavy atom. The second-order valence-corrected chi connectivity index (χ2v) is 11.9. The van der Waals surface area contributed by atoms with Crippen LogP contribution in [0.2, 0.25) is 10.0 Å². The molecule has 0 saturated carbocycles. The van der Waals surface area contributed by atoms with Crippen LogP contribution >= 0.6 is 50.5 Å². The zero-order valence-corrected chi connectivity index (χ0v) is 23.6. The van der Waals surface area contributed by atoms with Crippen molar-refractivity contribution in [3.63, 3.8) is 0 Å².